The molecule has 35 heavy (non-hydrogen) atoms. The molecule has 1 aliphatic carbocycles. The first-order chi connectivity index (χ1) is 16.4. The van der Waals surface area contributed by atoms with Crippen LogP contribution in [0.25, 0.3) is 11.3 Å². The first-order valence-corrected chi connectivity index (χ1v) is 11.8. The van der Waals surface area contributed by atoms with Crippen molar-refractivity contribution in [3.8, 4) is 11.3 Å². The lowest BCUT2D eigenvalue weighted by atomic mass is 9.65. The summed E-state index contributed by atoms with van der Waals surface area (Å²) in [6.07, 6.45) is -1.25. The maximum atomic E-state index is 13.6. The molecule has 2 atom stereocenters. The van der Waals surface area contributed by atoms with E-state index in [2.05, 4.69) is 4.98 Å². The quantitative estimate of drug-likeness (QED) is 0.632. The summed E-state index contributed by atoms with van der Waals surface area (Å²) in [6, 6.07) is 7.02. The van der Waals surface area contributed by atoms with Crippen LogP contribution in [0.1, 0.15) is 45.4 Å². The van der Waals surface area contributed by atoms with E-state index in [0.29, 0.717) is 24.1 Å². The molecule has 1 spiro atoms. The second-order valence-electron chi connectivity index (χ2n) is 10.00. The number of piperidine rings is 1. The summed E-state index contributed by atoms with van der Waals surface area (Å²) < 4.78 is 53.3. The Kier molecular flexibility index (Phi) is 6.78. The van der Waals surface area contributed by atoms with Crippen molar-refractivity contribution in [2.24, 2.45) is 11.3 Å². The number of carbonyl (C=O) groups excluding carboxylic acids is 1. The van der Waals surface area contributed by atoms with E-state index >= 15 is 0 Å². The van der Waals surface area contributed by atoms with Gasteiger partial charge < -0.3 is 10.0 Å². The van der Waals surface area contributed by atoms with E-state index in [4.69, 9.17) is 0 Å². The number of likely N-dealkylation sites (tertiary alicyclic amines) is 1. The number of alkyl halides is 3. The van der Waals surface area contributed by atoms with Crippen LogP contribution in [-0.2, 0) is 11.3 Å². The molecule has 2 aliphatic rings. The molecule has 1 aliphatic heterocycles. The Bertz CT molecular complexity index is 1140. The normalized spacial score (nSPS) is 23.0. The van der Waals surface area contributed by atoms with Gasteiger partial charge in [0.2, 0.25) is 5.91 Å². The number of aromatic nitrogens is 2. The van der Waals surface area contributed by atoms with E-state index in [1.54, 1.807) is 6.07 Å². The zero-order valence-corrected chi connectivity index (χ0v) is 19.5. The predicted octanol–water partition coefficient (Wildman–Crippen LogP) is 4.16. The minimum atomic E-state index is -4.43. The highest BCUT2D eigenvalue weighted by atomic mass is 19.4. The fraction of sp³-hybridized carbons (Fsp3) is 0.560. The van der Waals surface area contributed by atoms with Crippen LogP contribution < -0.4 is 5.56 Å². The number of hydrogen-bond donors (Lipinski definition) is 1. The molecule has 1 saturated heterocycles. The second kappa shape index (κ2) is 9.37. The van der Waals surface area contributed by atoms with Gasteiger partial charge in [-0.25, -0.2) is 9.37 Å². The van der Waals surface area contributed by atoms with Crippen molar-refractivity contribution in [2.75, 3.05) is 13.1 Å². The van der Waals surface area contributed by atoms with Crippen LogP contribution >= 0.6 is 0 Å². The molecule has 2 aromatic rings. The minimum Gasteiger partial charge on any atom is -0.387 e. The molecule has 2 fully saturated rings. The fourth-order valence-electron chi connectivity index (χ4n) is 5.67. The molecule has 1 amide bonds. The molecular weight excluding hydrogens is 466 g/mol. The summed E-state index contributed by atoms with van der Waals surface area (Å²) in [5, 5.41) is 11.8. The Labute approximate surface area is 200 Å². The van der Waals surface area contributed by atoms with Gasteiger partial charge in [0.15, 0.2) is 0 Å². The molecule has 1 saturated carbocycles. The largest absolute Gasteiger partial charge is 0.389 e. The summed E-state index contributed by atoms with van der Waals surface area (Å²) in [7, 11) is 0. The number of nitrogens with zero attached hydrogens (tertiary/aromatic N) is 3. The molecule has 1 aromatic heterocycles. The lowest BCUT2D eigenvalue weighted by Gasteiger charge is -2.52. The molecule has 0 bridgehead atoms. The van der Waals surface area contributed by atoms with Crippen LogP contribution in [0.2, 0.25) is 0 Å². The number of rotatable bonds is 5. The van der Waals surface area contributed by atoms with E-state index < -0.39 is 46.8 Å². The summed E-state index contributed by atoms with van der Waals surface area (Å²) in [5.74, 6) is -2.20. The first kappa shape index (κ1) is 25.3. The van der Waals surface area contributed by atoms with Gasteiger partial charge >= 0.3 is 6.18 Å². The minimum absolute atomic E-state index is 0.0393. The lowest BCUT2D eigenvalue weighted by Crippen LogP contribution is -2.62. The summed E-state index contributed by atoms with van der Waals surface area (Å²) in [5.41, 5.74) is -1.66. The van der Waals surface area contributed by atoms with Crippen molar-refractivity contribution in [2.45, 2.75) is 63.8 Å². The Morgan fingerprint density at radius 3 is 2.54 bits per heavy atom. The van der Waals surface area contributed by atoms with Crippen molar-refractivity contribution in [3.63, 3.8) is 0 Å². The topological polar surface area (TPSA) is 75.4 Å². The predicted molar refractivity (Wildman–Crippen MR) is 121 cm³/mol. The summed E-state index contributed by atoms with van der Waals surface area (Å²) in [6.45, 7) is 1.52. The molecule has 1 aromatic carbocycles. The smallest absolute Gasteiger partial charge is 0.387 e. The van der Waals surface area contributed by atoms with Crippen molar-refractivity contribution in [3.05, 3.63) is 52.8 Å². The average Bonchev–Trinajstić information content (AvgIpc) is 3.25. The lowest BCUT2D eigenvalue weighted by molar-refractivity contribution is -0.172. The molecule has 10 heteroatoms. The molecule has 2 heterocycles. The van der Waals surface area contributed by atoms with Gasteiger partial charge in [0, 0.05) is 36.1 Å². The van der Waals surface area contributed by atoms with Crippen LogP contribution in [0.15, 0.2) is 41.5 Å². The Balaban J connectivity index is 1.55. The highest BCUT2D eigenvalue weighted by Gasteiger charge is 2.56. The average molecular weight is 496 g/mol. The van der Waals surface area contributed by atoms with Crippen molar-refractivity contribution in [1.29, 1.82) is 0 Å². The highest BCUT2D eigenvalue weighted by molar-refractivity contribution is 5.78. The van der Waals surface area contributed by atoms with Crippen molar-refractivity contribution >= 4 is 5.91 Å². The van der Waals surface area contributed by atoms with Gasteiger partial charge in [0.05, 0.1) is 30.6 Å². The molecular formula is C25H29F4N3O3. The van der Waals surface area contributed by atoms with Crippen molar-refractivity contribution < 1.29 is 27.5 Å². The van der Waals surface area contributed by atoms with E-state index in [1.807, 2.05) is 0 Å². The molecule has 0 radical (unpaired) electrons. The van der Waals surface area contributed by atoms with Gasteiger partial charge in [-0.1, -0.05) is 31.9 Å². The van der Waals surface area contributed by atoms with Crippen molar-refractivity contribution in [1.82, 2.24) is 14.5 Å². The monoisotopic (exact) mass is 495 g/mol. The number of carbonyl (C=O) groups is 1. The molecule has 190 valence electrons. The van der Waals surface area contributed by atoms with Crippen LogP contribution in [0, 0.1) is 17.2 Å². The van der Waals surface area contributed by atoms with Gasteiger partial charge in [-0.15, -0.1) is 0 Å². The van der Waals surface area contributed by atoms with E-state index in [0.717, 1.165) is 12.8 Å². The standard InChI is InChI=1S/C25H29F4N3O3/c1-17(13-25(27,28)29)22(34)31-10-9-24(35,23(14-31)7-2-3-8-23)15-32-16-30-20(12-21(32)33)18-5-4-6-19(26)11-18/h4-6,11-12,16-17,35H,2-3,7-10,13-15H2,1H3/t17-,24?/m1/s1. The molecule has 1 unspecified atom stereocenters. The van der Waals surface area contributed by atoms with Gasteiger partial charge in [-0.05, 0) is 31.4 Å². The third-order valence-corrected chi connectivity index (χ3v) is 7.54. The van der Waals surface area contributed by atoms with Crippen LogP contribution in [0.3, 0.4) is 0 Å². The zero-order valence-electron chi connectivity index (χ0n) is 19.5. The number of amides is 1. The Hall–Kier alpha value is -2.75. The van der Waals surface area contributed by atoms with Crippen LogP contribution in [0.4, 0.5) is 17.6 Å². The Morgan fingerprint density at radius 1 is 1.20 bits per heavy atom. The summed E-state index contributed by atoms with van der Waals surface area (Å²) >= 11 is 0. The number of hydrogen-bond acceptors (Lipinski definition) is 4. The summed E-state index contributed by atoms with van der Waals surface area (Å²) in [4.78, 5) is 31.4. The van der Waals surface area contributed by atoms with E-state index in [1.165, 1.54) is 47.0 Å². The van der Waals surface area contributed by atoms with E-state index in [9.17, 15) is 32.3 Å². The second-order valence-corrected chi connectivity index (χ2v) is 10.00. The van der Waals surface area contributed by atoms with Gasteiger partial charge in [0.25, 0.3) is 5.56 Å². The maximum Gasteiger partial charge on any atom is 0.389 e. The molecule has 6 nitrogen and oxygen atoms in total. The third-order valence-electron chi connectivity index (χ3n) is 7.54. The van der Waals surface area contributed by atoms with E-state index in [-0.39, 0.29) is 26.1 Å². The number of halogens is 4. The Morgan fingerprint density at radius 2 is 1.91 bits per heavy atom. The van der Waals surface area contributed by atoms with Gasteiger partial charge in [-0.3, -0.25) is 14.2 Å². The first-order valence-electron chi connectivity index (χ1n) is 11.8. The number of benzene rings is 1. The highest BCUT2D eigenvalue weighted by Crippen LogP contribution is 2.51. The zero-order chi connectivity index (χ0) is 25.4. The SMILES string of the molecule is C[C@H](CC(F)(F)F)C(=O)N1CCC(O)(Cn2cnc(-c3cccc(F)c3)cc2=O)C2(CCCC2)C1. The fourth-order valence-corrected chi connectivity index (χ4v) is 5.67. The number of aliphatic hydroxyl groups is 1. The van der Waals surface area contributed by atoms with Gasteiger partial charge in [0.1, 0.15) is 5.82 Å². The van der Waals surface area contributed by atoms with Crippen LogP contribution in [-0.4, -0.2) is 50.3 Å². The third kappa shape index (κ3) is 5.27. The maximum absolute atomic E-state index is 13.6. The molecule has 4 rings (SSSR count). The van der Waals surface area contributed by atoms with Gasteiger partial charge in [-0.2, -0.15) is 13.2 Å². The molecule has 1 N–H and O–H groups in total. The van der Waals surface area contributed by atoms with Crippen LogP contribution in [0.5, 0.6) is 0 Å².